The highest BCUT2D eigenvalue weighted by atomic mass is 35.5. The molecule has 0 saturated carbocycles. The van der Waals surface area contributed by atoms with Gasteiger partial charge in [0.25, 0.3) is 5.56 Å². The van der Waals surface area contributed by atoms with Crippen LogP contribution in [0.4, 0.5) is 0 Å². The topological polar surface area (TPSA) is 47.8 Å². The summed E-state index contributed by atoms with van der Waals surface area (Å²) in [6.07, 6.45) is 3.35. The molecule has 0 spiro atoms. The van der Waals surface area contributed by atoms with Crippen LogP contribution in [0.25, 0.3) is 22.2 Å². The van der Waals surface area contributed by atoms with Crippen molar-refractivity contribution < 1.29 is 0 Å². The summed E-state index contributed by atoms with van der Waals surface area (Å²) < 4.78 is 1.69. The van der Waals surface area contributed by atoms with Gasteiger partial charge in [-0.05, 0) is 31.2 Å². The minimum atomic E-state index is -0.0685. The molecule has 0 aliphatic carbocycles. The molecule has 0 saturated heterocycles. The van der Waals surface area contributed by atoms with Crippen molar-refractivity contribution in [1.29, 1.82) is 0 Å². The predicted molar refractivity (Wildman–Crippen MR) is 79.9 cm³/mol. The second-order valence-electron chi connectivity index (χ2n) is 4.39. The maximum Gasteiger partial charge on any atom is 0.260 e. The molecule has 3 rings (SSSR count). The number of aryl methyl sites for hydroxylation is 1. The molecular formula is C15H12ClN3O. The smallest absolute Gasteiger partial charge is 0.260 e. The van der Waals surface area contributed by atoms with Crippen molar-refractivity contribution in [1.82, 2.24) is 14.5 Å². The highest BCUT2D eigenvalue weighted by molar-refractivity contribution is 6.30. The van der Waals surface area contributed by atoms with Gasteiger partial charge in [0.2, 0.25) is 0 Å². The van der Waals surface area contributed by atoms with Gasteiger partial charge in [-0.2, -0.15) is 0 Å². The van der Waals surface area contributed by atoms with E-state index in [9.17, 15) is 4.79 Å². The number of pyridine rings is 3. The fourth-order valence-electron chi connectivity index (χ4n) is 2.27. The summed E-state index contributed by atoms with van der Waals surface area (Å²) >= 11 is 5.92. The predicted octanol–water partition coefficient (Wildman–Crippen LogP) is 3.13. The first-order valence-corrected chi connectivity index (χ1v) is 6.69. The molecular weight excluding hydrogens is 274 g/mol. The average molecular weight is 286 g/mol. The zero-order valence-electron chi connectivity index (χ0n) is 10.9. The van der Waals surface area contributed by atoms with Crippen LogP contribution in [0.5, 0.6) is 0 Å². The summed E-state index contributed by atoms with van der Waals surface area (Å²) in [6, 6.07) is 9.04. The number of hydrogen-bond donors (Lipinski definition) is 0. The minimum absolute atomic E-state index is 0.0685. The molecule has 0 bridgehead atoms. The maximum absolute atomic E-state index is 12.6. The fraction of sp³-hybridized carbons (Fsp3) is 0.133. The molecule has 0 aliphatic heterocycles. The van der Waals surface area contributed by atoms with E-state index in [-0.39, 0.29) is 5.56 Å². The molecule has 0 fully saturated rings. The van der Waals surface area contributed by atoms with E-state index in [2.05, 4.69) is 9.97 Å². The lowest BCUT2D eigenvalue weighted by molar-refractivity contribution is 0.760. The van der Waals surface area contributed by atoms with Crippen molar-refractivity contribution in [3.63, 3.8) is 0 Å². The first-order valence-electron chi connectivity index (χ1n) is 6.31. The molecule has 3 aromatic rings. The molecule has 0 radical (unpaired) electrons. The van der Waals surface area contributed by atoms with E-state index in [0.717, 1.165) is 10.9 Å². The van der Waals surface area contributed by atoms with Gasteiger partial charge < -0.3 is 4.57 Å². The van der Waals surface area contributed by atoms with E-state index in [1.165, 1.54) is 0 Å². The van der Waals surface area contributed by atoms with E-state index in [0.29, 0.717) is 23.0 Å². The van der Waals surface area contributed by atoms with E-state index in [1.54, 1.807) is 23.0 Å². The Bertz CT molecular complexity index is 828. The minimum Gasteiger partial charge on any atom is -0.308 e. The molecule has 100 valence electrons. The molecule has 0 unspecified atom stereocenters. The summed E-state index contributed by atoms with van der Waals surface area (Å²) in [5.41, 5.74) is 1.96. The first kappa shape index (κ1) is 12.8. The second-order valence-corrected chi connectivity index (χ2v) is 4.78. The van der Waals surface area contributed by atoms with Gasteiger partial charge in [-0.25, -0.2) is 4.98 Å². The number of hydrogen-bond acceptors (Lipinski definition) is 3. The monoisotopic (exact) mass is 285 g/mol. The molecule has 0 atom stereocenters. The molecule has 0 aromatic carbocycles. The normalized spacial score (nSPS) is 10.9. The van der Waals surface area contributed by atoms with Crippen LogP contribution in [0.1, 0.15) is 6.92 Å². The van der Waals surface area contributed by atoms with Crippen molar-refractivity contribution in [2.75, 3.05) is 0 Å². The van der Waals surface area contributed by atoms with Gasteiger partial charge in [0, 0.05) is 24.3 Å². The lowest BCUT2D eigenvalue weighted by Gasteiger charge is -2.10. The summed E-state index contributed by atoms with van der Waals surface area (Å²) in [4.78, 5) is 20.9. The Hall–Kier alpha value is -2.20. The highest BCUT2D eigenvalue weighted by Crippen LogP contribution is 2.21. The molecule has 5 heteroatoms. The van der Waals surface area contributed by atoms with E-state index >= 15 is 0 Å². The van der Waals surface area contributed by atoms with Crippen molar-refractivity contribution in [2.24, 2.45) is 0 Å². The molecule has 20 heavy (non-hydrogen) atoms. The average Bonchev–Trinajstić information content (AvgIpc) is 2.48. The highest BCUT2D eigenvalue weighted by Gasteiger charge is 2.11. The summed E-state index contributed by atoms with van der Waals surface area (Å²) in [7, 11) is 0. The molecule has 0 amide bonds. The molecule has 3 heterocycles. The van der Waals surface area contributed by atoms with Crippen LogP contribution >= 0.6 is 11.6 Å². The number of rotatable bonds is 2. The third-order valence-electron chi connectivity index (χ3n) is 3.20. The standard InChI is InChI=1S/C15H12ClN3O/c1-2-19-13-8-14(16)18-9-10(13)7-11(15(19)20)12-5-3-4-6-17-12/h3-9H,2H2,1H3. The lowest BCUT2D eigenvalue weighted by atomic mass is 10.1. The van der Waals surface area contributed by atoms with E-state index in [1.807, 2.05) is 31.2 Å². The van der Waals surface area contributed by atoms with Gasteiger partial charge in [-0.1, -0.05) is 17.7 Å². The van der Waals surface area contributed by atoms with E-state index in [4.69, 9.17) is 11.6 Å². The summed E-state index contributed by atoms with van der Waals surface area (Å²) in [5, 5.41) is 1.25. The second kappa shape index (κ2) is 5.06. The third-order valence-corrected chi connectivity index (χ3v) is 3.41. The Morgan fingerprint density at radius 3 is 2.80 bits per heavy atom. The van der Waals surface area contributed by atoms with Crippen LogP contribution in [0.3, 0.4) is 0 Å². The van der Waals surface area contributed by atoms with Gasteiger partial charge in [-0.3, -0.25) is 9.78 Å². The van der Waals surface area contributed by atoms with Gasteiger partial charge in [0.1, 0.15) is 5.15 Å². The fourth-order valence-corrected chi connectivity index (χ4v) is 2.42. The summed E-state index contributed by atoms with van der Waals surface area (Å²) in [6.45, 7) is 2.49. The number of nitrogens with zero attached hydrogens (tertiary/aromatic N) is 3. The Labute approximate surface area is 120 Å². The molecule has 0 aliphatic rings. The number of halogens is 1. The SMILES string of the molecule is CCn1c(=O)c(-c2ccccn2)cc2cnc(Cl)cc21. The van der Waals surface area contributed by atoms with Crippen molar-refractivity contribution >= 4 is 22.5 Å². The van der Waals surface area contributed by atoms with Crippen LogP contribution in [0.15, 0.2) is 47.5 Å². The number of aromatic nitrogens is 3. The Morgan fingerprint density at radius 2 is 2.10 bits per heavy atom. The molecule has 4 nitrogen and oxygen atoms in total. The zero-order valence-corrected chi connectivity index (χ0v) is 11.6. The van der Waals surface area contributed by atoms with Gasteiger partial charge in [0.05, 0.1) is 16.8 Å². The van der Waals surface area contributed by atoms with E-state index < -0.39 is 0 Å². The van der Waals surface area contributed by atoms with Crippen LogP contribution in [0.2, 0.25) is 5.15 Å². The van der Waals surface area contributed by atoms with Crippen molar-refractivity contribution in [3.8, 4) is 11.3 Å². The Balaban J connectivity index is 2.38. The Morgan fingerprint density at radius 1 is 1.25 bits per heavy atom. The van der Waals surface area contributed by atoms with Gasteiger partial charge in [-0.15, -0.1) is 0 Å². The quantitative estimate of drug-likeness (QED) is 0.680. The first-order chi connectivity index (χ1) is 9.70. The van der Waals surface area contributed by atoms with Gasteiger partial charge >= 0.3 is 0 Å². The van der Waals surface area contributed by atoms with Gasteiger partial charge in [0.15, 0.2) is 0 Å². The van der Waals surface area contributed by atoms with Crippen molar-refractivity contribution in [2.45, 2.75) is 13.5 Å². The maximum atomic E-state index is 12.6. The van der Waals surface area contributed by atoms with Crippen LogP contribution in [-0.4, -0.2) is 14.5 Å². The van der Waals surface area contributed by atoms with Crippen LogP contribution < -0.4 is 5.56 Å². The molecule has 0 N–H and O–H groups in total. The molecule has 3 aromatic heterocycles. The number of fused-ring (bicyclic) bond motifs is 1. The Kier molecular flexibility index (Phi) is 3.24. The summed E-state index contributed by atoms with van der Waals surface area (Å²) in [5.74, 6) is 0. The van der Waals surface area contributed by atoms with Crippen LogP contribution in [-0.2, 0) is 6.54 Å². The van der Waals surface area contributed by atoms with Crippen LogP contribution in [0, 0.1) is 0 Å². The zero-order chi connectivity index (χ0) is 14.1. The lowest BCUT2D eigenvalue weighted by Crippen LogP contribution is -2.21. The van der Waals surface area contributed by atoms with Crippen molar-refractivity contribution in [3.05, 3.63) is 58.2 Å². The largest absolute Gasteiger partial charge is 0.308 e. The third kappa shape index (κ3) is 2.08.